The van der Waals surface area contributed by atoms with E-state index in [4.69, 9.17) is 23.2 Å². The van der Waals surface area contributed by atoms with Crippen molar-refractivity contribution in [1.82, 2.24) is 5.32 Å². The van der Waals surface area contributed by atoms with Crippen molar-refractivity contribution in [2.24, 2.45) is 0 Å². The van der Waals surface area contributed by atoms with Gasteiger partial charge in [-0.25, -0.2) is 0 Å². The second kappa shape index (κ2) is 6.47. The summed E-state index contributed by atoms with van der Waals surface area (Å²) >= 11 is 11.7. The lowest BCUT2D eigenvalue weighted by Crippen LogP contribution is -2.49. The summed E-state index contributed by atoms with van der Waals surface area (Å²) in [5, 5.41) is 5.14. The Hall–Kier alpha value is -1.25. The topological polar surface area (TPSA) is 29.1 Å². The van der Waals surface area contributed by atoms with Crippen molar-refractivity contribution >= 4 is 39.9 Å². The molecule has 2 aromatic carbocycles. The number of nitrogens with one attached hydrogen (secondary N) is 1. The van der Waals surface area contributed by atoms with E-state index >= 15 is 0 Å². The first kappa shape index (κ1) is 15.1. The van der Waals surface area contributed by atoms with Gasteiger partial charge in [0.25, 0.3) is 0 Å². The first-order valence-corrected chi connectivity index (χ1v) is 7.54. The fourth-order valence-corrected chi connectivity index (χ4v) is 2.52. The molecular formula is C16H17Cl2NO. The van der Waals surface area contributed by atoms with Crippen molar-refractivity contribution in [2.75, 3.05) is 11.8 Å². The highest BCUT2D eigenvalue weighted by atomic mass is 35.5. The van der Waals surface area contributed by atoms with Crippen LogP contribution in [0.5, 0.6) is 0 Å². The zero-order valence-electron chi connectivity index (χ0n) is 11.3. The number of carbonyl (C=O) groups excluding carboxylic acids is 1. The second-order valence-corrected chi connectivity index (χ2v) is 5.73. The lowest BCUT2D eigenvalue weighted by Gasteiger charge is -2.26. The van der Waals surface area contributed by atoms with Crippen molar-refractivity contribution in [3.05, 3.63) is 48.0 Å². The molecule has 0 radical (unpaired) electrons. The van der Waals surface area contributed by atoms with Crippen LogP contribution in [-0.2, 0) is 11.2 Å². The monoisotopic (exact) mass is 309 g/mol. The van der Waals surface area contributed by atoms with Crippen LogP contribution >= 0.6 is 23.2 Å². The predicted molar refractivity (Wildman–Crippen MR) is 85.6 cm³/mol. The third kappa shape index (κ3) is 3.44. The zero-order valence-corrected chi connectivity index (χ0v) is 12.8. The summed E-state index contributed by atoms with van der Waals surface area (Å²) in [6.45, 7) is 1.84. The van der Waals surface area contributed by atoms with Gasteiger partial charge in [-0.1, -0.05) is 42.5 Å². The van der Waals surface area contributed by atoms with Gasteiger partial charge in [-0.15, -0.1) is 23.2 Å². The Bertz CT molecular complexity index is 603. The maximum absolute atomic E-state index is 12.2. The molecule has 0 heterocycles. The molecule has 0 bridgehead atoms. The second-order valence-electron chi connectivity index (χ2n) is 5.19. The van der Waals surface area contributed by atoms with Gasteiger partial charge in [0.15, 0.2) is 0 Å². The molecule has 1 N–H and O–H groups in total. The third-order valence-electron chi connectivity index (χ3n) is 3.26. The molecule has 0 unspecified atom stereocenters. The van der Waals surface area contributed by atoms with Gasteiger partial charge in [-0.2, -0.15) is 0 Å². The summed E-state index contributed by atoms with van der Waals surface area (Å²) in [6, 6.07) is 14.0. The van der Waals surface area contributed by atoms with E-state index in [1.807, 2.05) is 49.4 Å². The van der Waals surface area contributed by atoms with Crippen LogP contribution in [0.15, 0.2) is 42.5 Å². The summed E-state index contributed by atoms with van der Waals surface area (Å²) in [7, 11) is 0. The number of rotatable bonds is 5. The standard InChI is InChI=1S/C16H17Cl2NO/c1-16(10-17,11-18)19-15(20)9-13-7-4-6-12-5-2-3-8-14(12)13/h2-8H,9-11H2,1H3,(H,19,20). The lowest BCUT2D eigenvalue weighted by molar-refractivity contribution is -0.121. The van der Waals surface area contributed by atoms with E-state index in [0.717, 1.165) is 16.3 Å². The average molecular weight is 310 g/mol. The fraction of sp³-hybridized carbons (Fsp3) is 0.312. The molecule has 0 aliphatic carbocycles. The molecule has 20 heavy (non-hydrogen) atoms. The van der Waals surface area contributed by atoms with E-state index in [-0.39, 0.29) is 17.7 Å². The van der Waals surface area contributed by atoms with Crippen LogP contribution < -0.4 is 5.32 Å². The number of hydrogen-bond acceptors (Lipinski definition) is 1. The van der Waals surface area contributed by atoms with Crippen LogP contribution in [-0.4, -0.2) is 23.2 Å². The van der Waals surface area contributed by atoms with Crippen LogP contribution in [0.2, 0.25) is 0 Å². The van der Waals surface area contributed by atoms with E-state index < -0.39 is 5.54 Å². The summed E-state index contributed by atoms with van der Waals surface area (Å²) in [5.41, 5.74) is 0.442. The molecule has 0 saturated heterocycles. The molecule has 1 amide bonds. The minimum atomic E-state index is -0.565. The first-order chi connectivity index (χ1) is 9.58. The minimum Gasteiger partial charge on any atom is -0.348 e. The van der Waals surface area contributed by atoms with E-state index in [1.165, 1.54) is 0 Å². The molecule has 0 spiro atoms. The Morgan fingerprint density at radius 2 is 1.75 bits per heavy atom. The Labute approximate surface area is 129 Å². The van der Waals surface area contributed by atoms with E-state index in [9.17, 15) is 4.79 Å². The number of hydrogen-bond donors (Lipinski definition) is 1. The van der Waals surface area contributed by atoms with Gasteiger partial charge in [-0.3, -0.25) is 4.79 Å². The Morgan fingerprint density at radius 3 is 2.45 bits per heavy atom. The van der Waals surface area contributed by atoms with Crippen molar-refractivity contribution < 1.29 is 4.79 Å². The Balaban J connectivity index is 2.18. The van der Waals surface area contributed by atoms with Crippen LogP contribution in [0.4, 0.5) is 0 Å². The molecule has 106 valence electrons. The van der Waals surface area contributed by atoms with Crippen LogP contribution in [0, 0.1) is 0 Å². The highest BCUT2D eigenvalue weighted by Crippen LogP contribution is 2.19. The summed E-state index contributed by atoms with van der Waals surface area (Å²) < 4.78 is 0. The maximum Gasteiger partial charge on any atom is 0.224 e. The van der Waals surface area contributed by atoms with Crippen LogP contribution in [0.3, 0.4) is 0 Å². The summed E-state index contributed by atoms with van der Waals surface area (Å²) in [5.74, 6) is 0.514. The van der Waals surface area contributed by atoms with Crippen molar-refractivity contribution in [2.45, 2.75) is 18.9 Å². The number of fused-ring (bicyclic) bond motifs is 1. The van der Waals surface area contributed by atoms with Gasteiger partial charge in [0.1, 0.15) is 0 Å². The number of carbonyl (C=O) groups is 1. The molecule has 0 atom stereocenters. The molecule has 4 heteroatoms. The zero-order chi connectivity index (χ0) is 14.6. The van der Waals surface area contributed by atoms with E-state index in [2.05, 4.69) is 5.32 Å². The quantitative estimate of drug-likeness (QED) is 0.838. The normalized spacial score (nSPS) is 11.6. The molecule has 2 nitrogen and oxygen atoms in total. The highest BCUT2D eigenvalue weighted by Gasteiger charge is 2.24. The lowest BCUT2D eigenvalue weighted by atomic mass is 10.0. The van der Waals surface area contributed by atoms with Gasteiger partial charge in [0.2, 0.25) is 5.91 Å². The highest BCUT2D eigenvalue weighted by molar-refractivity contribution is 6.22. The summed E-state index contributed by atoms with van der Waals surface area (Å²) in [4.78, 5) is 12.2. The molecule has 0 aliphatic heterocycles. The van der Waals surface area contributed by atoms with E-state index in [0.29, 0.717) is 6.42 Å². The number of benzene rings is 2. The van der Waals surface area contributed by atoms with Gasteiger partial charge < -0.3 is 5.32 Å². The SMILES string of the molecule is CC(CCl)(CCl)NC(=O)Cc1cccc2ccccc12. The van der Waals surface area contributed by atoms with Crippen molar-refractivity contribution in [3.8, 4) is 0 Å². The summed E-state index contributed by atoms with van der Waals surface area (Å²) in [6.07, 6.45) is 0.324. The smallest absolute Gasteiger partial charge is 0.224 e. The van der Waals surface area contributed by atoms with Gasteiger partial charge in [0.05, 0.1) is 12.0 Å². The van der Waals surface area contributed by atoms with Gasteiger partial charge in [-0.05, 0) is 23.3 Å². The minimum absolute atomic E-state index is 0.0647. The molecule has 0 fully saturated rings. The number of halogens is 2. The third-order valence-corrected chi connectivity index (χ3v) is 4.44. The van der Waals surface area contributed by atoms with Crippen LogP contribution in [0.1, 0.15) is 12.5 Å². The van der Waals surface area contributed by atoms with E-state index in [1.54, 1.807) is 0 Å². The van der Waals surface area contributed by atoms with Crippen LogP contribution in [0.25, 0.3) is 10.8 Å². The number of amides is 1. The van der Waals surface area contributed by atoms with Gasteiger partial charge >= 0.3 is 0 Å². The average Bonchev–Trinajstić information content (AvgIpc) is 2.47. The maximum atomic E-state index is 12.2. The Kier molecular flexibility index (Phi) is 4.90. The number of alkyl halides is 2. The van der Waals surface area contributed by atoms with Crippen molar-refractivity contribution in [3.63, 3.8) is 0 Å². The molecule has 0 aromatic heterocycles. The van der Waals surface area contributed by atoms with Gasteiger partial charge in [0, 0.05) is 11.8 Å². The Morgan fingerprint density at radius 1 is 1.10 bits per heavy atom. The van der Waals surface area contributed by atoms with Crippen molar-refractivity contribution in [1.29, 1.82) is 0 Å². The molecule has 2 aromatic rings. The first-order valence-electron chi connectivity index (χ1n) is 6.47. The molecule has 0 aliphatic rings. The largest absolute Gasteiger partial charge is 0.348 e. The molecule has 2 rings (SSSR count). The molecule has 0 saturated carbocycles. The molecular weight excluding hydrogens is 293 g/mol. The fourth-order valence-electron chi connectivity index (χ4n) is 2.10. The predicted octanol–water partition coefficient (Wildman–Crippen LogP) is 3.73.